The van der Waals surface area contributed by atoms with Crippen LogP contribution in [0.25, 0.3) is 0 Å². The van der Waals surface area contributed by atoms with E-state index in [4.69, 9.17) is 30.6 Å². The minimum Gasteiger partial charge on any atom is -0.481 e. The highest BCUT2D eigenvalue weighted by Gasteiger charge is 2.40. The Morgan fingerprint density at radius 2 is 0.913 bits per heavy atom. The van der Waals surface area contributed by atoms with Crippen LogP contribution in [0.2, 0.25) is 0 Å². The average Bonchev–Trinajstić information content (AvgIpc) is 2.24. The van der Waals surface area contributed by atoms with Crippen LogP contribution in [0.1, 0.15) is 25.7 Å². The van der Waals surface area contributed by atoms with Gasteiger partial charge < -0.3 is 30.6 Å². The first kappa shape index (κ1) is 22.3. The van der Waals surface area contributed by atoms with Crippen molar-refractivity contribution in [1.82, 2.24) is 0 Å². The van der Waals surface area contributed by atoms with E-state index in [1.807, 2.05) is 0 Å². The summed E-state index contributed by atoms with van der Waals surface area (Å²) in [4.78, 5) is 60.3. The van der Waals surface area contributed by atoms with Crippen LogP contribution >= 0.6 is 0 Å². The zero-order chi connectivity index (χ0) is 18.8. The number of aliphatic carboxylic acids is 5. The molecule has 0 aromatic heterocycles. The predicted octanol–water partition coefficient (Wildman–Crippen LogP) is -1.74. The summed E-state index contributed by atoms with van der Waals surface area (Å²) in [5.41, 5.74) is -2.74. The Kier molecular flexibility index (Phi) is 9.52. The van der Waals surface area contributed by atoms with E-state index in [-0.39, 0.29) is 0 Å². The molecule has 0 bridgehead atoms. The maximum Gasteiger partial charge on any atom is 0.336 e. The van der Waals surface area contributed by atoms with Crippen LogP contribution < -0.4 is 0 Å². The van der Waals surface area contributed by atoms with Crippen LogP contribution in [0.3, 0.4) is 0 Å². The average molecular weight is 338 g/mol. The summed E-state index contributed by atoms with van der Waals surface area (Å²) in [7, 11) is 0. The third-order valence-corrected chi connectivity index (χ3v) is 1.98. The minimum atomic E-state index is -2.74. The van der Waals surface area contributed by atoms with Gasteiger partial charge in [0.25, 0.3) is 0 Å². The predicted molar refractivity (Wildman–Crippen MR) is 66.6 cm³/mol. The molecule has 130 valence electrons. The first-order valence-corrected chi connectivity index (χ1v) is 5.64. The van der Waals surface area contributed by atoms with Crippen molar-refractivity contribution in [2.75, 3.05) is 0 Å². The molecule has 0 aromatic carbocycles. The molecular formula is C11H14O12. The summed E-state index contributed by atoms with van der Waals surface area (Å²) in [5.74, 6) is -8.41. The lowest BCUT2D eigenvalue weighted by Gasteiger charge is -2.18. The lowest BCUT2D eigenvalue weighted by molar-refractivity contribution is -0.170. The SMILES string of the molecule is O=C(O)CC(=O)CC(=O)O.O=C(O)CC(O)(CC(=O)O)C(=O)O. The number of hydrogen-bond donors (Lipinski definition) is 6. The summed E-state index contributed by atoms with van der Waals surface area (Å²) in [6.45, 7) is 0. The van der Waals surface area contributed by atoms with Gasteiger partial charge in [-0.1, -0.05) is 0 Å². The first-order valence-electron chi connectivity index (χ1n) is 5.64. The maximum atomic E-state index is 10.3. The molecule has 0 saturated heterocycles. The molecule has 12 heteroatoms. The maximum absolute atomic E-state index is 10.3. The highest BCUT2D eigenvalue weighted by Crippen LogP contribution is 2.15. The largest absolute Gasteiger partial charge is 0.481 e. The fraction of sp³-hybridized carbons (Fsp3) is 0.455. The normalized spacial score (nSPS) is 9.96. The molecule has 0 spiro atoms. The molecule has 0 atom stereocenters. The number of carbonyl (C=O) groups excluding carboxylic acids is 1. The lowest BCUT2D eigenvalue weighted by Crippen LogP contribution is -2.42. The highest BCUT2D eigenvalue weighted by molar-refractivity contribution is 6.02. The van der Waals surface area contributed by atoms with Crippen molar-refractivity contribution in [3.8, 4) is 0 Å². The van der Waals surface area contributed by atoms with E-state index in [0.29, 0.717) is 0 Å². The molecule has 0 unspecified atom stereocenters. The number of hydrogen-bond acceptors (Lipinski definition) is 7. The van der Waals surface area contributed by atoms with Gasteiger partial charge in [-0.05, 0) is 0 Å². The smallest absolute Gasteiger partial charge is 0.336 e. The van der Waals surface area contributed by atoms with Crippen molar-refractivity contribution in [3.63, 3.8) is 0 Å². The molecule has 0 aliphatic heterocycles. The second kappa shape index (κ2) is 9.83. The number of rotatable bonds is 9. The number of carboxylic acid groups (broad SMARTS) is 5. The molecule has 0 aromatic rings. The van der Waals surface area contributed by atoms with Crippen LogP contribution in [0.4, 0.5) is 0 Å². The molecule has 0 heterocycles. The van der Waals surface area contributed by atoms with E-state index in [9.17, 15) is 28.8 Å². The Bertz CT molecular complexity index is 471. The third kappa shape index (κ3) is 12.4. The van der Waals surface area contributed by atoms with Gasteiger partial charge in [0, 0.05) is 0 Å². The van der Waals surface area contributed by atoms with Crippen molar-refractivity contribution >= 4 is 35.6 Å². The molecule has 6 N–H and O–H groups in total. The van der Waals surface area contributed by atoms with Gasteiger partial charge in [-0.2, -0.15) is 0 Å². The third-order valence-electron chi connectivity index (χ3n) is 1.98. The molecule has 23 heavy (non-hydrogen) atoms. The fourth-order valence-electron chi connectivity index (χ4n) is 1.11. The van der Waals surface area contributed by atoms with E-state index < -0.39 is 66.9 Å². The summed E-state index contributed by atoms with van der Waals surface area (Å²) in [5, 5.41) is 49.8. The molecule has 0 fully saturated rings. The molecule has 0 aliphatic carbocycles. The molecule has 0 radical (unpaired) electrons. The first-order chi connectivity index (χ1) is 10.3. The van der Waals surface area contributed by atoms with Crippen LogP contribution in [0.5, 0.6) is 0 Å². The van der Waals surface area contributed by atoms with Crippen molar-refractivity contribution in [2.24, 2.45) is 0 Å². The summed E-state index contributed by atoms with van der Waals surface area (Å²) < 4.78 is 0. The summed E-state index contributed by atoms with van der Waals surface area (Å²) in [6.07, 6.45) is -3.72. The van der Waals surface area contributed by atoms with Crippen molar-refractivity contribution < 1.29 is 59.4 Å². The Morgan fingerprint density at radius 3 is 1.09 bits per heavy atom. The van der Waals surface area contributed by atoms with Gasteiger partial charge in [-0.25, -0.2) is 4.79 Å². The number of carboxylic acids is 5. The van der Waals surface area contributed by atoms with Crippen LogP contribution in [0.15, 0.2) is 0 Å². The minimum absolute atomic E-state index is 0.716. The Morgan fingerprint density at radius 1 is 0.609 bits per heavy atom. The molecule has 0 aliphatic rings. The van der Waals surface area contributed by atoms with E-state index in [1.54, 1.807) is 0 Å². The highest BCUT2D eigenvalue weighted by atomic mass is 16.4. The monoisotopic (exact) mass is 338 g/mol. The van der Waals surface area contributed by atoms with Crippen molar-refractivity contribution in [3.05, 3.63) is 0 Å². The van der Waals surface area contributed by atoms with Gasteiger partial charge in [0.1, 0.15) is 12.8 Å². The van der Waals surface area contributed by atoms with E-state index in [1.165, 1.54) is 0 Å². The quantitative estimate of drug-likeness (QED) is 0.257. The van der Waals surface area contributed by atoms with Gasteiger partial charge in [0.05, 0.1) is 12.8 Å². The fourth-order valence-corrected chi connectivity index (χ4v) is 1.11. The van der Waals surface area contributed by atoms with E-state index in [0.717, 1.165) is 0 Å². The Hall–Kier alpha value is -3.02. The van der Waals surface area contributed by atoms with Gasteiger partial charge in [0.2, 0.25) is 0 Å². The van der Waals surface area contributed by atoms with Gasteiger partial charge in [-0.3, -0.25) is 24.0 Å². The number of ketones is 1. The molecule has 0 rings (SSSR count). The Labute approximate surface area is 127 Å². The molecule has 0 saturated carbocycles. The summed E-state index contributed by atoms with van der Waals surface area (Å²) >= 11 is 0. The standard InChI is InChI=1S/C6H8O7.C5H6O5/c7-3(8)1-6(13,5(11)12)2-4(9)10;6-3(1-4(7)8)2-5(9)10/h13H,1-2H2,(H,7,8)(H,9,10)(H,11,12);1-2H2,(H,7,8)(H,9,10). The van der Waals surface area contributed by atoms with Crippen LogP contribution in [-0.2, 0) is 28.8 Å². The summed E-state index contributed by atoms with van der Waals surface area (Å²) in [6, 6.07) is 0. The topological polar surface area (TPSA) is 224 Å². The van der Waals surface area contributed by atoms with E-state index in [2.05, 4.69) is 0 Å². The van der Waals surface area contributed by atoms with Gasteiger partial charge in [-0.15, -0.1) is 0 Å². The van der Waals surface area contributed by atoms with E-state index >= 15 is 0 Å². The zero-order valence-electron chi connectivity index (χ0n) is 11.5. The van der Waals surface area contributed by atoms with Gasteiger partial charge >= 0.3 is 29.8 Å². The second-order valence-corrected chi connectivity index (χ2v) is 4.16. The molecular weight excluding hydrogens is 324 g/mol. The molecule has 0 amide bonds. The Balaban J connectivity index is 0. The van der Waals surface area contributed by atoms with Gasteiger partial charge in [0.15, 0.2) is 11.4 Å². The van der Waals surface area contributed by atoms with Crippen LogP contribution in [-0.4, -0.2) is 71.9 Å². The van der Waals surface area contributed by atoms with Crippen molar-refractivity contribution in [1.29, 1.82) is 0 Å². The lowest BCUT2D eigenvalue weighted by atomic mass is 9.96. The number of Topliss-reactive ketones (excluding diaryl/α,β-unsaturated/α-hetero) is 1. The van der Waals surface area contributed by atoms with Crippen molar-refractivity contribution in [2.45, 2.75) is 31.3 Å². The zero-order valence-corrected chi connectivity index (χ0v) is 11.5. The molecule has 12 nitrogen and oxygen atoms in total. The second-order valence-electron chi connectivity index (χ2n) is 4.16. The number of carbonyl (C=O) groups is 6. The number of aliphatic hydroxyl groups is 1. The van der Waals surface area contributed by atoms with Crippen LogP contribution in [0, 0.1) is 0 Å².